The van der Waals surface area contributed by atoms with E-state index < -0.39 is 0 Å². The Morgan fingerprint density at radius 1 is 1.28 bits per heavy atom. The Labute approximate surface area is 107 Å². The summed E-state index contributed by atoms with van der Waals surface area (Å²) < 4.78 is 13.3. The molecule has 94 valence electrons. The molecule has 1 atom stereocenters. The van der Waals surface area contributed by atoms with Crippen molar-refractivity contribution in [3.8, 4) is 0 Å². The molecule has 1 aromatic heterocycles. The lowest BCUT2D eigenvalue weighted by molar-refractivity contribution is 0.606. The molecule has 0 radical (unpaired) electrons. The second kappa shape index (κ2) is 5.74. The summed E-state index contributed by atoms with van der Waals surface area (Å²) in [7, 11) is 0. The quantitative estimate of drug-likeness (QED) is 0.893. The van der Waals surface area contributed by atoms with E-state index in [1.165, 1.54) is 6.07 Å². The summed E-state index contributed by atoms with van der Waals surface area (Å²) in [5, 5.41) is 3.40. The SMILES string of the molecule is CCN[C@H](c1cccnc1)c1ccc(F)c(C)c1. The third kappa shape index (κ3) is 2.74. The standard InChI is InChI=1S/C15H17FN2/c1-3-18-15(13-5-4-8-17-10-13)12-6-7-14(16)11(2)9-12/h4-10,15,18H,3H2,1-2H3/t15-/m0/s1. The minimum atomic E-state index is -0.166. The van der Waals surface area contributed by atoms with Crippen LogP contribution in [0.3, 0.4) is 0 Å². The highest BCUT2D eigenvalue weighted by Crippen LogP contribution is 2.23. The fourth-order valence-electron chi connectivity index (χ4n) is 2.03. The number of hydrogen-bond acceptors (Lipinski definition) is 2. The zero-order valence-electron chi connectivity index (χ0n) is 10.7. The van der Waals surface area contributed by atoms with Gasteiger partial charge in [-0.2, -0.15) is 0 Å². The fourth-order valence-corrected chi connectivity index (χ4v) is 2.03. The van der Waals surface area contributed by atoms with Gasteiger partial charge in [-0.05, 0) is 42.3 Å². The van der Waals surface area contributed by atoms with E-state index >= 15 is 0 Å². The van der Waals surface area contributed by atoms with Crippen molar-refractivity contribution in [1.82, 2.24) is 10.3 Å². The topological polar surface area (TPSA) is 24.9 Å². The minimum Gasteiger partial charge on any atom is -0.306 e. The van der Waals surface area contributed by atoms with Crippen molar-refractivity contribution < 1.29 is 4.39 Å². The number of hydrogen-bond donors (Lipinski definition) is 1. The molecule has 18 heavy (non-hydrogen) atoms. The van der Waals surface area contributed by atoms with Gasteiger partial charge in [0, 0.05) is 12.4 Å². The average Bonchev–Trinajstić information content (AvgIpc) is 2.40. The normalized spacial score (nSPS) is 12.4. The molecule has 0 saturated carbocycles. The van der Waals surface area contributed by atoms with Crippen molar-refractivity contribution in [3.63, 3.8) is 0 Å². The van der Waals surface area contributed by atoms with Gasteiger partial charge in [-0.1, -0.05) is 25.1 Å². The van der Waals surface area contributed by atoms with Crippen LogP contribution in [0.2, 0.25) is 0 Å². The number of nitrogens with one attached hydrogen (secondary N) is 1. The van der Waals surface area contributed by atoms with Gasteiger partial charge in [-0.15, -0.1) is 0 Å². The predicted octanol–water partition coefficient (Wildman–Crippen LogP) is 3.23. The third-order valence-electron chi connectivity index (χ3n) is 2.94. The highest BCUT2D eigenvalue weighted by molar-refractivity contribution is 5.33. The first kappa shape index (κ1) is 12.7. The highest BCUT2D eigenvalue weighted by Gasteiger charge is 2.13. The van der Waals surface area contributed by atoms with Gasteiger partial charge < -0.3 is 5.32 Å². The highest BCUT2D eigenvalue weighted by atomic mass is 19.1. The Balaban J connectivity index is 2.38. The van der Waals surface area contributed by atoms with Gasteiger partial charge in [0.25, 0.3) is 0 Å². The molecule has 0 bridgehead atoms. The Morgan fingerprint density at radius 3 is 2.72 bits per heavy atom. The van der Waals surface area contributed by atoms with Crippen molar-refractivity contribution in [2.24, 2.45) is 0 Å². The van der Waals surface area contributed by atoms with Crippen LogP contribution in [0.25, 0.3) is 0 Å². The molecule has 0 unspecified atom stereocenters. The summed E-state index contributed by atoms with van der Waals surface area (Å²) >= 11 is 0. The van der Waals surface area contributed by atoms with Crippen LogP contribution in [0.1, 0.15) is 29.7 Å². The van der Waals surface area contributed by atoms with E-state index in [0.717, 1.165) is 17.7 Å². The van der Waals surface area contributed by atoms with Crippen LogP contribution < -0.4 is 5.32 Å². The summed E-state index contributed by atoms with van der Waals surface area (Å²) in [5.41, 5.74) is 2.81. The summed E-state index contributed by atoms with van der Waals surface area (Å²) in [6, 6.07) is 9.22. The lowest BCUT2D eigenvalue weighted by Gasteiger charge is -2.19. The van der Waals surface area contributed by atoms with E-state index in [1.54, 1.807) is 13.1 Å². The maximum atomic E-state index is 13.3. The van der Waals surface area contributed by atoms with Gasteiger partial charge in [0.15, 0.2) is 0 Å². The molecule has 0 aliphatic rings. The Bertz CT molecular complexity index is 511. The number of aromatic nitrogens is 1. The maximum Gasteiger partial charge on any atom is 0.126 e. The number of halogens is 1. The van der Waals surface area contributed by atoms with Crippen molar-refractivity contribution in [1.29, 1.82) is 0 Å². The Hall–Kier alpha value is -1.74. The van der Waals surface area contributed by atoms with E-state index in [0.29, 0.717) is 5.56 Å². The van der Waals surface area contributed by atoms with Crippen molar-refractivity contribution >= 4 is 0 Å². The number of aryl methyl sites for hydroxylation is 1. The first-order valence-corrected chi connectivity index (χ1v) is 6.11. The van der Waals surface area contributed by atoms with Crippen LogP contribution in [0.15, 0.2) is 42.7 Å². The molecule has 0 amide bonds. The number of rotatable bonds is 4. The van der Waals surface area contributed by atoms with E-state index in [-0.39, 0.29) is 11.9 Å². The van der Waals surface area contributed by atoms with Crippen molar-refractivity contribution in [2.45, 2.75) is 19.9 Å². The number of nitrogens with zero attached hydrogens (tertiary/aromatic N) is 1. The van der Waals surface area contributed by atoms with E-state index in [1.807, 2.05) is 30.5 Å². The minimum absolute atomic E-state index is 0.0583. The van der Waals surface area contributed by atoms with Crippen LogP contribution in [0.5, 0.6) is 0 Å². The van der Waals surface area contributed by atoms with Crippen LogP contribution in [0, 0.1) is 12.7 Å². The summed E-state index contributed by atoms with van der Waals surface area (Å²) in [6.45, 7) is 4.68. The van der Waals surface area contributed by atoms with Gasteiger partial charge in [-0.3, -0.25) is 4.98 Å². The lowest BCUT2D eigenvalue weighted by Crippen LogP contribution is -2.22. The monoisotopic (exact) mass is 244 g/mol. The number of pyridine rings is 1. The molecule has 0 saturated heterocycles. The molecule has 2 aromatic rings. The summed E-state index contributed by atoms with van der Waals surface area (Å²) in [5.74, 6) is -0.166. The predicted molar refractivity (Wildman–Crippen MR) is 70.9 cm³/mol. The van der Waals surface area contributed by atoms with Gasteiger partial charge in [0.2, 0.25) is 0 Å². The Kier molecular flexibility index (Phi) is 4.05. The first-order chi connectivity index (χ1) is 8.72. The molecule has 0 aliphatic heterocycles. The molecule has 3 heteroatoms. The lowest BCUT2D eigenvalue weighted by atomic mass is 9.98. The molecule has 1 N–H and O–H groups in total. The van der Waals surface area contributed by atoms with Crippen LogP contribution >= 0.6 is 0 Å². The fraction of sp³-hybridized carbons (Fsp3) is 0.267. The van der Waals surface area contributed by atoms with Crippen LogP contribution in [-0.4, -0.2) is 11.5 Å². The molecule has 2 rings (SSSR count). The van der Waals surface area contributed by atoms with Crippen molar-refractivity contribution in [2.75, 3.05) is 6.54 Å². The van der Waals surface area contributed by atoms with Crippen LogP contribution in [0.4, 0.5) is 4.39 Å². The Morgan fingerprint density at radius 2 is 2.11 bits per heavy atom. The zero-order chi connectivity index (χ0) is 13.0. The van der Waals surface area contributed by atoms with Gasteiger partial charge >= 0.3 is 0 Å². The molecule has 0 fully saturated rings. The number of benzene rings is 1. The van der Waals surface area contributed by atoms with E-state index in [4.69, 9.17) is 0 Å². The van der Waals surface area contributed by atoms with Crippen molar-refractivity contribution in [3.05, 3.63) is 65.2 Å². The summed E-state index contributed by atoms with van der Waals surface area (Å²) in [4.78, 5) is 4.14. The second-order valence-corrected chi connectivity index (χ2v) is 4.29. The third-order valence-corrected chi connectivity index (χ3v) is 2.94. The largest absolute Gasteiger partial charge is 0.306 e. The molecule has 1 aromatic carbocycles. The molecule has 1 heterocycles. The molecular formula is C15H17FN2. The van der Waals surface area contributed by atoms with Gasteiger partial charge in [0.1, 0.15) is 5.82 Å². The van der Waals surface area contributed by atoms with E-state index in [2.05, 4.69) is 17.2 Å². The zero-order valence-corrected chi connectivity index (χ0v) is 10.7. The molecule has 0 spiro atoms. The average molecular weight is 244 g/mol. The van der Waals surface area contributed by atoms with E-state index in [9.17, 15) is 4.39 Å². The maximum absolute atomic E-state index is 13.3. The smallest absolute Gasteiger partial charge is 0.126 e. The molecular weight excluding hydrogens is 227 g/mol. The second-order valence-electron chi connectivity index (χ2n) is 4.29. The van der Waals surface area contributed by atoms with Gasteiger partial charge in [0.05, 0.1) is 6.04 Å². The molecule has 2 nitrogen and oxygen atoms in total. The van der Waals surface area contributed by atoms with Crippen LogP contribution in [-0.2, 0) is 0 Å². The molecule has 0 aliphatic carbocycles. The summed E-state index contributed by atoms with van der Waals surface area (Å²) in [6.07, 6.45) is 3.59. The van der Waals surface area contributed by atoms with Gasteiger partial charge in [-0.25, -0.2) is 4.39 Å². The first-order valence-electron chi connectivity index (χ1n) is 6.11.